The van der Waals surface area contributed by atoms with Crippen LogP contribution in [0.4, 0.5) is 5.69 Å². The van der Waals surface area contributed by atoms with Gasteiger partial charge in [-0.25, -0.2) is 4.98 Å². The predicted molar refractivity (Wildman–Crippen MR) is 115 cm³/mol. The summed E-state index contributed by atoms with van der Waals surface area (Å²) in [5, 5.41) is 10.2. The van der Waals surface area contributed by atoms with Gasteiger partial charge < -0.3 is 10.1 Å². The maximum Gasteiger partial charge on any atom is 0.262 e. The minimum atomic E-state index is -0.235. The van der Waals surface area contributed by atoms with Gasteiger partial charge in [-0.3, -0.25) is 9.89 Å². The number of anilines is 1. The van der Waals surface area contributed by atoms with Crippen LogP contribution in [-0.2, 0) is 10.2 Å². The van der Waals surface area contributed by atoms with Crippen LogP contribution < -0.4 is 10.1 Å². The normalized spacial score (nSPS) is 11.5. The zero-order valence-electron chi connectivity index (χ0n) is 17.6. The van der Waals surface area contributed by atoms with Crippen LogP contribution in [0.5, 0.6) is 5.75 Å². The number of nitrogens with one attached hydrogen (secondary N) is 2. The monoisotopic (exact) mass is 392 g/mol. The van der Waals surface area contributed by atoms with E-state index in [1.54, 1.807) is 0 Å². The summed E-state index contributed by atoms with van der Waals surface area (Å²) < 4.78 is 5.83. The summed E-state index contributed by atoms with van der Waals surface area (Å²) in [7, 11) is 0. The third-order valence-electron chi connectivity index (χ3n) is 4.55. The number of amides is 1. The first-order valence-electron chi connectivity index (χ1n) is 9.79. The van der Waals surface area contributed by atoms with Gasteiger partial charge in [0.15, 0.2) is 12.4 Å². The molecule has 0 bridgehead atoms. The first-order valence-corrected chi connectivity index (χ1v) is 9.79. The van der Waals surface area contributed by atoms with Crippen molar-refractivity contribution in [3.05, 3.63) is 59.9 Å². The Morgan fingerprint density at radius 2 is 1.79 bits per heavy atom. The van der Waals surface area contributed by atoms with Crippen LogP contribution in [0, 0.1) is 0 Å². The first-order chi connectivity index (χ1) is 13.8. The molecule has 1 aromatic heterocycles. The molecule has 6 nitrogen and oxygen atoms in total. The van der Waals surface area contributed by atoms with Crippen LogP contribution in [-0.4, -0.2) is 27.7 Å². The van der Waals surface area contributed by atoms with Crippen molar-refractivity contribution >= 4 is 11.6 Å². The lowest BCUT2D eigenvalue weighted by atomic mass is 9.86. The number of nitrogens with zero attached hydrogens (tertiary/aromatic N) is 2. The fourth-order valence-corrected chi connectivity index (χ4v) is 2.98. The van der Waals surface area contributed by atoms with Crippen molar-refractivity contribution in [2.75, 3.05) is 11.9 Å². The van der Waals surface area contributed by atoms with Crippen LogP contribution in [0.1, 0.15) is 51.9 Å². The molecule has 6 heteroatoms. The Hall–Kier alpha value is -3.15. The number of aromatic nitrogens is 3. The van der Waals surface area contributed by atoms with Crippen molar-refractivity contribution in [2.45, 2.75) is 46.0 Å². The fourth-order valence-electron chi connectivity index (χ4n) is 2.98. The molecule has 0 saturated heterocycles. The molecule has 3 rings (SSSR count). The predicted octanol–water partition coefficient (Wildman–Crippen LogP) is 4.91. The van der Waals surface area contributed by atoms with Gasteiger partial charge in [0.25, 0.3) is 5.91 Å². The molecule has 0 aliphatic rings. The van der Waals surface area contributed by atoms with Crippen molar-refractivity contribution in [3.8, 4) is 17.1 Å². The number of aromatic amines is 1. The Morgan fingerprint density at radius 1 is 1.10 bits per heavy atom. The highest BCUT2D eigenvalue weighted by atomic mass is 16.5. The minimum Gasteiger partial charge on any atom is -0.483 e. The van der Waals surface area contributed by atoms with Crippen LogP contribution >= 0.6 is 0 Å². The summed E-state index contributed by atoms with van der Waals surface area (Å²) in [5.74, 6) is 2.10. The van der Waals surface area contributed by atoms with E-state index in [-0.39, 0.29) is 23.8 Å². The fraction of sp³-hybridized carbons (Fsp3) is 0.348. The maximum atomic E-state index is 12.6. The van der Waals surface area contributed by atoms with Crippen LogP contribution in [0.25, 0.3) is 11.4 Å². The summed E-state index contributed by atoms with van der Waals surface area (Å²) >= 11 is 0. The number of benzene rings is 2. The third-order valence-corrected chi connectivity index (χ3v) is 4.55. The molecule has 0 unspecified atom stereocenters. The number of H-pyrrole nitrogens is 1. The van der Waals surface area contributed by atoms with E-state index in [2.05, 4.69) is 41.3 Å². The second-order valence-corrected chi connectivity index (χ2v) is 8.33. The average molecular weight is 393 g/mol. The van der Waals surface area contributed by atoms with Crippen molar-refractivity contribution in [3.63, 3.8) is 0 Å². The topological polar surface area (TPSA) is 79.9 Å². The van der Waals surface area contributed by atoms with E-state index in [0.29, 0.717) is 11.5 Å². The Labute approximate surface area is 171 Å². The Morgan fingerprint density at radius 3 is 2.48 bits per heavy atom. The van der Waals surface area contributed by atoms with E-state index < -0.39 is 0 Å². The van der Waals surface area contributed by atoms with Crippen LogP contribution in [0.2, 0.25) is 0 Å². The summed E-state index contributed by atoms with van der Waals surface area (Å²) in [6, 6.07) is 15.3. The first kappa shape index (κ1) is 20.6. The highest BCUT2D eigenvalue weighted by molar-refractivity contribution is 5.95. The van der Waals surface area contributed by atoms with Crippen LogP contribution in [0.3, 0.4) is 0 Å². The summed E-state index contributed by atoms with van der Waals surface area (Å²) in [6.45, 7) is 10.4. The Balaban J connectivity index is 1.72. The lowest BCUT2D eigenvalue weighted by molar-refractivity contribution is -0.118. The SMILES string of the molecule is CC(C)c1nc(-c2ccccc2NC(=O)COc2ccccc2C(C)(C)C)n[nH]1. The van der Waals surface area contributed by atoms with E-state index in [4.69, 9.17) is 4.74 Å². The highest BCUT2D eigenvalue weighted by Gasteiger charge is 2.19. The minimum absolute atomic E-state index is 0.0700. The molecule has 3 aromatic rings. The molecule has 0 fully saturated rings. The number of hydrogen-bond donors (Lipinski definition) is 2. The second-order valence-electron chi connectivity index (χ2n) is 8.33. The molecule has 0 aliphatic heterocycles. The molecule has 0 aliphatic carbocycles. The number of carbonyl (C=O) groups excluding carboxylic acids is 1. The van der Waals surface area contributed by atoms with E-state index >= 15 is 0 Å². The van der Waals surface area contributed by atoms with Crippen LogP contribution in [0.15, 0.2) is 48.5 Å². The summed E-state index contributed by atoms with van der Waals surface area (Å²) in [6.07, 6.45) is 0. The van der Waals surface area contributed by atoms with Gasteiger partial charge >= 0.3 is 0 Å². The zero-order valence-corrected chi connectivity index (χ0v) is 17.6. The molecule has 0 radical (unpaired) electrons. The van der Waals surface area contributed by atoms with Crippen molar-refractivity contribution in [1.82, 2.24) is 15.2 Å². The number of hydrogen-bond acceptors (Lipinski definition) is 4. The number of para-hydroxylation sites is 2. The van der Waals surface area contributed by atoms with Crippen molar-refractivity contribution in [1.29, 1.82) is 0 Å². The van der Waals surface area contributed by atoms with Gasteiger partial charge in [0.05, 0.1) is 5.69 Å². The van der Waals surface area contributed by atoms with Gasteiger partial charge in [-0.15, -0.1) is 0 Å². The highest BCUT2D eigenvalue weighted by Crippen LogP contribution is 2.31. The Kier molecular flexibility index (Phi) is 6.01. The second kappa shape index (κ2) is 8.47. The molecular formula is C23H28N4O2. The lowest BCUT2D eigenvalue weighted by Gasteiger charge is -2.22. The van der Waals surface area contributed by atoms with Gasteiger partial charge in [0.2, 0.25) is 0 Å². The zero-order chi connectivity index (χ0) is 21.0. The number of rotatable bonds is 6. The average Bonchev–Trinajstić information content (AvgIpc) is 3.17. The molecule has 1 amide bonds. The third kappa shape index (κ3) is 5.02. The molecule has 0 spiro atoms. The molecule has 152 valence electrons. The summed E-state index contributed by atoms with van der Waals surface area (Å²) in [5.41, 5.74) is 2.41. The molecule has 2 aromatic carbocycles. The molecule has 2 N–H and O–H groups in total. The van der Waals surface area contributed by atoms with E-state index in [9.17, 15) is 4.79 Å². The molecular weight excluding hydrogens is 364 g/mol. The van der Waals surface area contributed by atoms with E-state index in [0.717, 1.165) is 22.7 Å². The van der Waals surface area contributed by atoms with Crippen molar-refractivity contribution in [2.24, 2.45) is 0 Å². The lowest BCUT2D eigenvalue weighted by Crippen LogP contribution is -2.22. The quantitative estimate of drug-likeness (QED) is 0.625. The standard InChI is InChI=1S/C23H28N4O2/c1-15(2)21-25-22(27-26-21)16-10-6-8-12-18(16)24-20(28)14-29-19-13-9-7-11-17(19)23(3,4)5/h6-13,15H,14H2,1-5H3,(H,24,28)(H,25,26,27). The van der Waals surface area contributed by atoms with Gasteiger partial charge in [-0.1, -0.05) is 65.0 Å². The van der Waals surface area contributed by atoms with E-state index in [1.165, 1.54) is 0 Å². The van der Waals surface area contributed by atoms with Gasteiger partial charge in [0.1, 0.15) is 11.6 Å². The Bertz CT molecular complexity index is 986. The molecule has 0 atom stereocenters. The largest absolute Gasteiger partial charge is 0.483 e. The van der Waals surface area contributed by atoms with Gasteiger partial charge in [0, 0.05) is 11.5 Å². The summed E-state index contributed by atoms with van der Waals surface area (Å²) in [4.78, 5) is 17.1. The van der Waals surface area contributed by atoms with Gasteiger partial charge in [-0.05, 0) is 29.2 Å². The molecule has 29 heavy (non-hydrogen) atoms. The molecule has 1 heterocycles. The number of carbonyl (C=O) groups is 1. The smallest absolute Gasteiger partial charge is 0.262 e. The number of ether oxygens (including phenoxy) is 1. The maximum absolute atomic E-state index is 12.6. The van der Waals surface area contributed by atoms with Gasteiger partial charge in [-0.2, -0.15) is 5.10 Å². The van der Waals surface area contributed by atoms with Crippen molar-refractivity contribution < 1.29 is 9.53 Å². The molecule has 0 saturated carbocycles. The van der Waals surface area contributed by atoms with E-state index in [1.807, 2.05) is 62.4 Å².